The molecular weight excluding hydrogens is 148 g/mol. The molecule has 0 aliphatic carbocycles. The van der Waals surface area contributed by atoms with Gasteiger partial charge < -0.3 is 4.74 Å². The van der Waals surface area contributed by atoms with Gasteiger partial charge >= 0.3 is 22.4 Å². The molecule has 1 rings (SSSR count). The minimum Gasteiger partial charge on any atom is -0.574 e. The third-order valence-electron chi connectivity index (χ3n) is 0.167. The molecule has 0 unspecified atom stereocenters. The molecule has 0 atom stereocenters. The summed E-state index contributed by atoms with van der Waals surface area (Å²) in [4.78, 5) is 0. The minimum atomic E-state index is 0. The van der Waals surface area contributed by atoms with Crippen molar-refractivity contribution in [3.63, 3.8) is 0 Å². The molecule has 1 heterocycles. The van der Waals surface area contributed by atoms with Gasteiger partial charge in [0.2, 0.25) is 0 Å². The molecule has 0 bridgehead atoms. The average Bonchev–Trinajstić information content (AvgIpc) is 1.46. The van der Waals surface area contributed by atoms with Gasteiger partial charge in [0.25, 0.3) is 0 Å². The van der Waals surface area contributed by atoms with E-state index in [1.165, 1.54) is 0 Å². The Bertz CT molecular complexity index is 10.8. The second kappa shape index (κ2) is 1.97. The van der Waals surface area contributed by atoms with Crippen molar-refractivity contribution in [1.82, 2.24) is 0 Å². The smallest absolute Gasteiger partial charge is 0.574 e. The Morgan fingerprint density at radius 1 is 1.75 bits per heavy atom. The first-order chi connectivity index (χ1) is 1.50. The molecule has 28 valence electrons. The zero-order valence-corrected chi connectivity index (χ0v) is 3.48. The van der Waals surface area contributed by atoms with Crippen molar-refractivity contribution in [3.8, 4) is 0 Å². The Labute approximate surface area is 40.8 Å². The van der Waals surface area contributed by atoms with Crippen molar-refractivity contribution in [2.24, 2.45) is 0 Å². The predicted octanol–water partition coefficient (Wildman–Crippen LogP) is 0.176. The molecule has 4 heavy (non-hydrogen) atoms. The molecular formula is C2H3AgO. The quantitative estimate of drug-likeness (QED) is 0.273. The van der Waals surface area contributed by atoms with Crippen molar-refractivity contribution in [2.45, 2.75) is 0 Å². The summed E-state index contributed by atoms with van der Waals surface area (Å²) in [6.07, 6.45) is 0. The van der Waals surface area contributed by atoms with E-state index in [1.54, 1.807) is 6.61 Å². The van der Waals surface area contributed by atoms with Gasteiger partial charge in [0.15, 0.2) is 0 Å². The maximum atomic E-state index is 4.38. The van der Waals surface area contributed by atoms with E-state index in [4.69, 9.17) is 0 Å². The predicted molar refractivity (Wildman–Crippen MR) is 10.3 cm³/mol. The Morgan fingerprint density at radius 2 is 2.00 bits per heavy atom. The second-order valence-electron chi connectivity index (χ2n) is 0.500. The van der Waals surface area contributed by atoms with Crippen molar-refractivity contribution >= 4 is 0 Å². The van der Waals surface area contributed by atoms with Crippen LogP contribution in [0, 0.1) is 6.61 Å². The van der Waals surface area contributed by atoms with Crippen molar-refractivity contribution in [3.05, 3.63) is 6.61 Å². The molecule has 1 fully saturated rings. The van der Waals surface area contributed by atoms with Gasteiger partial charge in [-0.3, -0.25) is 0 Å². The van der Waals surface area contributed by atoms with Crippen LogP contribution in [0.15, 0.2) is 0 Å². The molecule has 1 nitrogen and oxygen atoms in total. The van der Waals surface area contributed by atoms with Crippen LogP contribution in [0.2, 0.25) is 0 Å². The summed E-state index contributed by atoms with van der Waals surface area (Å²) in [5.74, 6) is 0. The van der Waals surface area contributed by atoms with Crippen LogP contribution in [0.25, 0.3) is 0 Å². The van der Waals surface area contributed by atoms with Gasteiger partial charge in [0.1, 0.15) is 0 Å². The number of epoxide rings is 1. The molecule has 1 aliphatic heterocycles. The van der Waals surface area contributed by atoms with E-state index in [9.17, 15) is 0 Å². The van der Waals surface area contributed by atoms with Gasteiger partial charge in [0.05, 0.1) is 0 Å². The normalized spacial score (nSPS) is 18.0. The van der Waals surface area contributed by atoms with E-state index < -0.39 is 0 Å². The molecule has 0 aromatic heterocycles. The van der Waals surface area contributed by atoms with Gasteiger partial charge in [-0.2, -0.15) is 6.61 Å². The molecule has 0 N–H and O–H groups in total. The van der Waals surface area contributed by atoms with E-state index in [1.807, 2.05) is 0 Å². The van der Waals surface area contributed by atoms with Crippen LogP contribution in [0.3, 0.4) is 0 Å². The monoisotopic (exact) mass is 150 g/mol. The number of rotatable bonds is 0. The van der Waals surface area contributed by atoms with Crippen LogP contribution < -0.4 is 0 Å². The summed E-state index contributed by atoms with van der Waals surface area (Å²) in [6.45, 7) is 2.62. The summed E-state index contributed by atoms with van der Waals surface area (Å²) in [5, 5.41) is 0. The summed E-state index contributed by atoms with van der Waals surface area (Å²) in [7, 11) is 0. The van der Waals surface area contributed by atoms with Crippen LogP contribution in [0.4, 0.5) is 0 Å². The van der Waals surface area contributed by atoms with Crippen LogP contribution >= 0.6 is 0 Å². The topological polar surface area (TPSA) is 12.5 Å². The van der Waals surface area contributed by atoms with E-state index in [-0.39, 0.29) is 22.4 Å². The zero-order chi connectivity index (χ0) is 2.12. The Balaban J connectivity index is 0.0000000900. The molecule has 1 aliphatic rings. The van der Waals surface area contributed by atoms with Gasteiger partial charge in [-0.15, -0.1) is 0 Å². The van der Waals surface area contributed by atoms with Crippen molar-refractivity contribution in [1.29, 1.82) is 0 Å². The molecule has 0 spiro atoms. The molecule has 0 saturated carbocycles. The Hall–Kier alpha value is 0.700. The van der Waals surface area contributed by atoms with E-state index >= 15 is 0 Å². The third kappa shape index (κ3) is 2.70. The third-order valence-corrected chi connectivity index (χ3v) is 0.167. The fraction of sp³-hybridized carbons (Fsp3) is 0.500. The number of hydrogen-bond donors (Lipinski definition) is 0. The summed E-state index contributed by atoms with van der Waals surface area (Å²) >= 11 is 0. The summed E-state index contributed by atoms with van der Waals surface area (Å²) in [6, 6.07) is 0. The van der Waals surface area contributed by atoms with E-state index in [0.717, 1.165) is 6.61 Å². The maximum Gasteiger partial charge on any atom is 1.00 e. The van der Waals surface area contributed by atoms with Gasteiger partial charge in [-0.1, -0.05) is 6.61 Å². The van der Waals surface area contributed by atoms with E-state index in [2.05, 4.69) is 4.74 Å². The largest absolute Gasteiger partial charge is 1.00 e. The zero-order valence-electron chi connectivity index (χ0n) is 1.99. The van der Waals surface area contributed by atoms with Gasteiger partial charge in [-0.05, 0) is 0 Å². The van der Waals surface area contributed by atoms with Gasteiger partial charge in [-0.25, -0.2) is 0 Å². The van der Waals surface area contributed by atoms with Crippen LogP contribution in [-0.2, 0) is 27.1 Å². The van der Waals surface area contributed by atoms with Crippen LogP contribution in [0.1, 0.15) is 0 Å². The minimum absolute atomic E-state index is 0. The number of hydrogen-bond acceptors (Lipinski definition) is 1. The average molecular weight is 151 g/mol. The second-order valence-corrected chi connectivity index (χ2v) is 0.500. The summed E-state index contributed by atoms with van der Waals surface area (Å²) < 4.78 is 4.38. The first kappa shape index (κ1) is 4.70. The fourth-order valence-electron chi connectivity index (χ4n) is 0. The summed E-state index contributed by atoms with van der Waals surface area (Å²) in [5.41, 5.74) is 0. The van der Waals surface area contributed by atoms with Crippen LogP contribution in [-0.4, -0.2) is 6.61 Å². The SMILES string of the molecule is [Ag+].[CH-]1CO1. The molecule has 1 saturated heterocycles. The molecule has 0 amide bonds. The molecule has 0 aromatic carbocycles. The fourth-order valence-corrected chi connectivity index (χ4v) is 0. The Kier molecular flexibility index (Phi) is 2.32. The molecule has 0 aromatic rings. The van der Waals surface area contributed by atoms with Crippen molar-refractivity contribution in [2.75, 3.05) is 6.61 Å². The standard InChI is InChI=1S/C2H3O.Ag/c1-2-3-1;/h1H,2H2;/q-1;+1. The first-order valence-corrected chi connectivity index (χ1v) is 0.933. The van der Waals surface area contributed by atoms with E-state index in [0.29, 0.717) is 0 Å². The first-order valence-electron chi connectivity index (χ1n) is 0.933. The molecule has 0 radical (unpaired) electrons. The van der Waals surface area contributed by atoms with Crippen LogP contribution in [0.5, 0.6) is 0 Å². The number of ether oxygens (including phenoxy) is 1. The maximum absolute atomic E-state index is 4.38. The van der Waals surface area contributed by atoms with Gasteiger partial charge in [0, 0.05) is 0 Å². The Morgan fingerprint density at radius 3 is 2.00 bits per heavy atom. The molecule has 2 heteroatoms. The van der Waals surface area contributed by atoms with Crippen molar-refractivity contribution < 1.29 is 27.1 Å².